The fourth-order valence-electron chi connectivity index (χ4n) is 1.77. The van der Waals surface area contributed by atoms with E-state index >= 15 is 0 Å². The molecule has 0 aliphatic heterocycles. The zero-order valence-electron chi connectivity index (χ0n) is 11.0. The molecule has 0 radical (unpaired) electrons. The van der Waals surface area contributed by atoms with Gasteiger partial charge >= 0.3 is 0 Å². The molecule has 0 aliphatic carbocycles. The summed E-state index contributed by atoms with van der Waals surface area (Å²) in [7, 11) is 0. The van der Waals surface area contributed by atoms with E-state index in [-0.39, 0.29) is 11.9 Å². The Balaban J connectivity index is 2.62. The predicted molar refractivity (Wildman–Crippen MR) is 85.2 cm³/mol. The van der Waals surface area contributed by atoms with Gasteiger partial charge in [0.1, 0.15) is 0 Å². The minimum absolute atomic E-state index is 0.0518. The number of amides is 1. The molecule has 18 heavy (non-hydrogen) atoms. The van der Waals surface area contributed by atoms with Crippen LogP contribution in [-0.2, 0) is 0 Å². The van der Waals surface area contributed by atoms with Crippen LogP contribution in [0.25, 0.3) is 0 Å². The van der Waals surface area contributed by atoms with E-state index in [1.165, 1.54) is 0 Å². The van der Waals surface area contributed by atoms with Gasteiger partial charge in [-0.2, -0.15) is 0 Å². The quantitative estimate of drug-likeness (QED) is 0.750. The summed E-state index contributed by atoms with van der Waals surface area (Å²) in [5, 5.41) is 3.63. The molecule has 1 aromatic carbocycles. The molecule has 0 spiro atoms. The molecule has 0 saturated heterocycles. The van der Waals surface area contributed by atoms with Crippen molar-refractivity contribution in [3.63, 3.8) is 0 Å². The Labute approximate surface area is 128 Å². The Morgan fingerprint density at radius 1 is 1.44 bits per heavy atom. The zero-order valence-corrected chi connectivity index (χ0v) is 13.9. The van der Waals surface area contributed by atoms with Crippen molar-refractivity contribution in [2.45, 2.75) is 39.7 Å². The number of benzene rings is 1. The number of rotatable bonds is 5. The van der Waals surface area contributed by atoms with Crippen molar-refractivity contribution in [3.8, 4) is 0 Å². The van der Waals surface area contributed by atoms with Crippen molar-refractivity contribution in [1.29, 1.82) is 0 Å². The van der Waals surface area contributed by atoms with Crippen LogP contribution in [-0.4, -0.2) is 11.9 Å². The molecule has 0 bridgehead atoms. The molecule has 0 aliphatic rings. The topological polar surface area (TPSA) is 29.1 Å². The van der Waals surface area contributed by atoms with Gasteiger partial charge in [-0.15, -0.1) is 0 Å². The second kappa shape index (κ2) is 7.34. The van der Waals surface area contributed by atoms with E-state index < -0.39 is 0 Å². The summed E-state index contributed by atoms with van der Waals surface area (Å²) in [4.78, 5) is 12.0. The van der Waals surface area contributed by atoms with Crippen LogP contribution in [0.2, 0.25) is 5.02 Å². The minimum atomic E-state index is -0.0518. The summed E-state index contributed by atoms with van der Waals surface area (Å²) < 4.78 is 0.957. The van der Waals surface area contributed by atoms with Crippen molar-refractivity contribution >= 4 is 40.1 Å². The molecule has 0 aromatic heterocycles. The molecule has 0 fully saturated rings. The van der Waals surface area contributed by atoms with Gasteiger partial charge < -0.3 is 5.32 Å². The van der Waals surface area contributed by atoms with Gasteiger partial charge in [-0.3, -0.25) is 4.79 Å². The molecule has 2 unspecified atom stereocenters. The Bertz CT molecular complexity index is 422. The van der Waals surface area contributed by atoms with Gasteiger partial charge in [-0.25, -0.2) is 0 Å². The normalized spacial score (nSPS) is 14.1. The summed E-state index contributed by atoms with van der Waals surface area (Å²) in [5.41, 5.74) is 0.622. The lowest BCUT2D eigenvalue weighted by Crippen LogP contribution is -2.33. The maximum Gasteiger partial charge on any atom is 0.251 e. The second-order valence-electron chi connectivity index (χ2n) is 4.75. The van der Waals surface area contributed by atoms with Gasteiger partial charge in [0.15, 0.2) is 0 Å². The van der Waals surface area contributed by atoms with E-state index in [1.807, 2.05) is 13.0 Å². The maximum atomic E-state index is 12.0. The molecule has 4 heteroatoms. The highest BCUT2D eigenvalue weighted by Gasteiger charge is 2.12. The number of nitrogens with one attached hydrogen (secondary N) is 1. The predicted octanol–water partition coefficient (Wildman–Crippen LogP) is 4.50. The molecule has 100 valence electrons. The molecule has 1 amide bonds. The lowest BCUT2D eigenvalue weighted by Gasteiger charge is -2.17. The van der Waals surface area contributed by atoms with Crippen LogP contribution in [0.5, 0.6) is 0 Å². The first-order valence-corrected chi connectivity index (χ1v) is 7.65. The zero-order chi connectivity index (χ0) is 13.7. The molecule has 1 aromatic rings. The second-order valence-corrected chi connectivity index (χ2v) is 6.32. The first-order valence-electron chi connectivity index (χ1n) is 6.20. The van der Waals surface area contributed by atoms with Crippen LogP contribution in [0, 0.1) is 9.49 Å². The van der Waals surface area contributed by atoms with Crippen LogP contribution in [0.3, 0.4) is 0 Å². The first-order chi connectivity index (χ1) is 8.43. The van der Waals surface area contributed by atoms with E-state index in [0.29, 0.717) is 16.5 Å². The Morgan fingerprint density at radius 2 is 2.11 bits per heavy atom. The van der Waals surface area contributed by atoms with E-state index in [0.717, 1.165) is 16.4 Å². The highest BCUT2D eigenvalue weighted by molar-refractivity contribution is 14.1. The Hall–Kier alpha value is -0.290. The average Bonchev–Trinajstić information content (AvgIpc) is 2.32. The summed E-state index contributed by atoms with van der Waals surface area (Å²) in [6, 6.07) is 5.57. The summed E-state index contributed by atoms with van der Waals surface area (Å²) in [5.74, 6) is 0.574. The van der Waals surface area contributed by atoms with Crippen molar-refractivity contribution in [1.82, 2.24) is 5.32 Å². The molecular formula is C14H19ClINO. The fourth-order valence-corrected chi connectivity index (χ4v) is 2.29. The first kappa shape index (κ1) is 15.8. The number of hydrogen-bond donors (Lipinski definition) is 1. The highest BCUT2D eigenvalue weighted by Crippen LogP contribution is 2.19. The van der Waals surface area contributed by atoms with Gasteiger partial charge in [-0.05, 0) is 60.1 Å². The van der Waals surface area contributed by atoms with Gasteiger partial charge in [-0.1, -0.05) is 31.9 Å². The minimum Gasteiger partial charge on any atom is -0.350 e. The maximum absolute atomic E-state index is 12.0. The van der Waals surface area contributed by atoms with E-state index in [4.69, 9.17) is 11.6 Å². The van der Waals surface area contributed by atoms with Crippen molar-refractivity contribution in [2.75, 3.05) is 0 Å². The van der Waals surface area contributed by atoms with Crippen LogP contribution < -0.4 is 5.32 Å². The van der Waals surface area contributed by atoms with Gasteiger partial charge in [0, 0.05) is 15.2 Å². The largest absolute Gasteiger partial charge is 0.350 e. The highest BCUT2D eigenvalue weighted by atomic mass is 127. The van der Waals surface area contributed by atoms with E-state index in [9.17, 15) is 4.79 Å². The summed E-state index contributed by atoms with van der Waals surface area (Å²) >= 11 is 8.16. The van der Waals surface area contributed by atoms with E-state index in [1.54, 1.807) is 12.1 Å². The van der Waals surface area contributed by atoms with Gasteiger partial charge in [0.05, 0.1) is 5.02 Å². The van der Waals surface area contributed by atoms with Crippen LogP contribution in [0.4, 0.5) is 0 Å². The van der Waals surface area contributed by atoms with Gasteiger partial charge in [0.2, 0.25) is 0 Å². The number of carbonyl (C=O) groups is 1. The Kier molecular flexibility index (Phi) is 6.43. The van der Waals surface area contributed by atoms with Crippen molar-refractivity contribution in [2.24, 2.45) is 5.92 Å². The number of halogens is 2. The molecule has 0 heterocycles. The molecule has 2 atom stereocenters. The average molecular weight is 380 g/mol. The molecule has 0 saturated carbocycles. The van der Waals surface area contributed by atoms with Crippen molar-refractivity contribution < 1.29 is 4.79 Å². The van der Waals surface area contributed by atoms with Crippen LogP contribution in [0.1, 0.15) is 44.0 Å². The van der Waals surface area contributed by atoms with Crippen LogP contribution >= 0.6 is 34.2 Å². The Morgan fingerprint density at radius 3 is 2.67 bits per heavy atom. The molecule has 1 rings (SSSR count). The smallest absolute Gasteiger partial charge is 0.251 e. The lowest BCUT2D eigenvalue weighted by molar-refractivity contribution is 0.0935. The molecule has 2 nitrogen and oxygen atoms in total. The fraction of sp³-hybridized carbons (Fsp3) is 0.500. The van der Waals surface area contributed by atoms with E-state index in [2.05, 4.69) is 41.8 Å². The SMILES string of the molecule is CCC(C)CC(C)NC(=O)c1ccc(I)c(Cl)c1. The standard InChI is InChI=1S/C14H19ClINO/c1-4-9(2)7-10(3)17-14(18)11-5-6-13(16)12(15)8-11/h5-6,8-10H,4,7H2,1-3H3,(H,17,18). The molecular weight excluding hydrogens is 361 g/mol. The third-order valence-corrected chi connectivity index (χ3v) is 4.58. The number of hydrogen-bond acceptors (Lipinski definition) is 1. The summed E-state index contributed by atoms with van der Waals surface area (Å²) in [6.07, 6.45) is 2.13. The summed E-state index contributed by atoms with van der Waals surface area (Å²) in [6.45, 7) is 6.40. The van der Waals surface area contributed by atoms with Gasteiger partial charge in [0.25, 0.3) is 5.91 Å². The number of carbonyl (C=O) groups excluding carboxylic acids is 1. The third-order valence-electron chi connectivity index (χ3n) is 3.01. The third kappa shape index (κ3) is 4.76. The molecule has 1 N–H and O–H groups in total. The van der Waals surface area contributed by atoms with Crippen molar-refractivity contribution in [3.05, 3.63) is 32.4 Å². The van der Waals surface area contributed by atoms with Crippen LogP contribution in [0.15, 0.2) is 18.2 Å². The lowest BCUT2D eigenvalue weighted by atomic mass is 10.0. The monoisotopic (exact) mass is 379 g/mol.